The quantitative estimate of drug-likeness (QED) is 0.556. The summed E-state index contributed by atoms with van der Waals surface area (Å²) in [5.74, 6) is 0.442. The van der Waals surface area contributed by atoms with Crippen LogP contribution in [0.25, 0.3) is 32.9 Å². The molecule has 0 aliphatic heterocycles. The maximum atomic E-state index is 11.6. The smallest absolute Gasteiger partial charge is 0.307 e. The van der Waals surface area contributed by atoms with Crippen LogP contribution < -0.4 is 0 Å². The maximum Gasteiger partial charge on any atom is 0.307 e. The minimum absolute atomic E-state index is 0.0484. The van der Waals surface area contributed by atoms with E-state index < -0.39 is 5.97 Å². The first-order valence-electron chi connectivity index (χ1n) is 9.65. The van der Waals surface area contributed by atoms with Crippen LogP contribution in [0.4, 0.5) is 0 Å². The van der Waals surface area contributed by atoms with Crippen LogP contribution in [0.3, 0.4) is 0 Å². The van der Waals surface area contributed by atoms with Gasteiger partial charge in [0.05, 0.1) is 17.5 Å². The molecular weight excluding hydrogens is 348 g/mol. The molecule has 6 rings (SSSR count). The lowest BCUT2D eigenvalue weighted by molar-refractivity contribution is -0.136. The van der Waals surface area contributed by atoms with E-state index in [-0.39, 0.29) is 6.42 Å². The number of nitrogens with zero attached hydrogens (tertiary/aromatic N) is 2. The van der Waals surface area contributed by atoms with Crippen molar-refractivity contribution in [3.8, 4) is 11.1 Å². The maximum absolute atomic E-state index is 11.6. The number of carboxylic acids is 1. The lowest BCUT2D eigenvalue weighted by Gasteiger charge is -2.17. The van der Waals surface area contributed by atoms with Gasteiger partial charge in [-0.25, -0.2) is 0 Å². The van der Waals surface area contributed by atoms with Gasteiger partial charge in [0.1, 0.15) is 0 Å². The van der Waals surface area contributed by atoms with Crippen LogP contribution in [-0.2, 0) is 11.2 Å². The second-order valence-electron chi connectivity index (χ2n) is 7.91. The van der Waals surface area contributed by atoms with Crippen molar-refractivity contribution < 1.29 is 9.90 Å². The highest BCUT2D eigenvalue weighted by Crippen LogP contribution is 2.63. The number of aromatic nitrogens is 2. The third kappa shape index (κ3) is 2.03. The van der Waals surface area contributed by atoms with Gasteiger partial charge in [0.2, 0.25) is 0 Å². The Morgan fingerprint density at radius 2 is 1.89 bits per heavy atom. The summed E-state index contributed by atoms with van der Waals surface area (Å²) in [5.41, 5.74) is 8.20. The summed E-state index contributed by atoms with van der Waals surface area (Å²) in [6.07, 6.45) is 3.10. The van der Waals surface area contributed by atoms with E-state index in [2.05, 4.69) is 23.2 Å². The predicted molar refractivity (Wildman–Crippen MR) is 109 cm³/mol. The van der Waals surface area contributed by atoms with Gasteiger partial charge < -0.3 is 5.11 Å². The van der Waals surface area contributed by atoms with E-state index in [9.17, 15) is 9.90 Å². The Morgan fingerprint density at radius 3 is 2.71 bits per heavy atom. The van der Waals surface area contributed by atoms with Crippen LogP contribution in [0.2, 0.25) is 0 Å². The first-order chi connectivity index (χ1) is 13.6. The number of aryl methyl sites for hydroxylation is 1. The number of hydrogen-bond donors (Lipinski definition) is 1. The van der Waals surface area contributed by atoms with Gasteiger partial charge in [0, 0.05) is 28.2 Å². The van der Waals surface area contributed by atoms with Crippen molar-refractivity contribution in [3.05, 3.63) is 71.0 Å². The normalized spacial score (nSPS) is 19.2. The minimum Gasteiger partial charge on any atom is -0.481 e. The monoisotopic (exact) mass is 366 g/mol. The molecule has 1 fully saturated rings. The number of benzene rings is 2. The molecule has 1 N–H and O–H groups in total. The molecule has 2 aliphatic carbocycles. The number of rotatable bonds is 3. The molecule has 0 radical (unpaired) electrons. The number of pyridine rings is 2. The van der Waals surface area contributed by atoms with Crippen LogP contribution in [0.5, 0.6) is 0 Å². The molecule has 4 aromatic rings. The Labute approximate surface area is 161 Å². The zero-order valence-electron chi connectivity index (χ0n) is 15.4. The number of fused-ring (bicyclic) bond motifs is 4. The zero-order chi connectivity index (χ0) is 19.0. The molecule has 0 saturated heterocycles. The largest absolute Gasteiger partial charge is 0.481 e. The summed E-state index contributed by atoms with van der Waals surface area (Å²) in [5, 5.41) is 11.8. The molecule has 2 aromatic heterocycles. The first-order valence-corrected chi connectivity index (χ1v) is 9.65. The van der Waals surface area contributed by atoms with Gasteiger partial charge in [0.15, 0.2) is 0 Å². The average molecular weight is 366 g/mol. The van der Waals surface area contributed by atoms with Gasteiger partial charge in [-0.05, 0) is 59.6 Å². The second kappa shape index (κ2) is 5.38. The van der Waals surface area contributed by atoms with Crippen LogP contribution in [0.1, 0.15) is 40.6 Å². The number of carbonyl (C=O) groups is 1. The van der Waals surface area contributed by atoms with Crippen molar-refractivity contribution in [1.82, 2.24) is 9.97 Å². The predicted octanol–water partition coefficient (Wildman–Crippen LogP) is 4.97. The Bertz CT molecular complexity index is 1310. The van der Waals surface area contributed by atoms with Gasteiger partial charge in [0.25, 0.3) is 0 Å². The highest BCUT2D eigenvalue weighted by atomic mass is 16.4. The molecule has 4 nitrogen and oxygen atoms in total. The van der Waals surface area contributed by atoms with Gasteiger partial charge in [-0.1, -0.05) is 30.3 Å². The van der Waals surface area contributed by atoms with Crippen LogP contribution in [0, 0.1) is 6.92 Å². The average Bonchev–Trinajstić information content (AvgIpc) is 3.42. The molecular formula is C24H18N2O2. The molecule has 0 amide bonds. The third-order valence-corrected chi connectivity index (χ3v) is 6.34. The van der Waals surface area contributed by atoms with E-state index in [0.29, 0.717) is 11.8 Å². The second-order valence-corrected chi connectivity index (χ2v) is 7.91. The zero-order valence-corrected chi connectivity index (χ0v) is 15.4. The summed E-state index contributed by atoms with van der Waals surface area (Å²) in [6.45, 7) is 1.90. The molecule has 2 unspecified atom stereocenters. The summed E-state index contributed by atoms with van der Waals surface area (Å²) < 4.78 is 0. The van der Waals surface area contributed by atoms with Crippen molar-refractivity contribution in [2.24, 2.45) is 0 Å². The molecule has 2 atom stereocenters. The Morgan fingerprint density at radius 1 is 1.11 bits per heavy atom. The van der Waals surface area contributed by atoms with Crippen LogP contribution in [-0.4, -0.2) is 21.0 Å². The Hall–Kier alpha value is -3.27. The first kappa shape index (κ1) is 15.8. The van der Waals surface area contributed by atoms with Crippen molar-refractivity contribution in [1.29, 1.82) is 0 Å². The molecule has 2 aliphatic rings. The lowest BCUT2D eigenvalue weighted by Crippen LogP contribution is -2.07. The minimum atomic E-state index is -0.846. The number of hydrogen-bond acceptors (Lipinski definition) is 3. The van der Waals surface area contributed by atoms with Crippen molar-refractivity contribution in [3.63, 3.8) is 0 Å². The lowest BCUT2D eigenvalue weighted by atomic mass is 9.89. The fraction of sp³-hybridized carbons (Fsp3) is 0.208. The van der Waals surface area contributed by atoms with Crippen molar-refractivity contribution >= 4 is 27.8 Å². The standard InChI is InChI=1S/C24H18N2O2/c1-12-17(11-21(27)28)22(15-4-2-3-5-20(15)26-12)16-7-6-13-18-10-19(18)14-8-9-25-24(16)23(13)14/h2-9,18-19H,10-11H2,1H3,(H,27,28). The molecule has 136 valence electrons. The molecule has 2 aromatic carbocycles. The SMILES string of the molecule is Cc1nc2ccccc2c(-c2ccc3c4c(ccnc24)C2CC32)c1CC(=O)O. The van der Waals surface area contributed by atoms with E-state index in [1.807, 2.05) is 37.4 Å². The Kier molecular flexibility index (Phi) is 3.03. The van der Waals surface area contributed by atoms with Gasteiger partial charge >= 0.3 is 5.97 Å². The van der Waals surface area contributed by atoms with Gasteiger partial charge in [-0.2, -0.15) is 0 Å². The van der Waals surface area contributed by atoms with Gasteiger partial charge in [-0.15, -0.1) is 0 Å². The topological polar surface area (TPSA) is 63.1 Å². The van der Waals surface area contributed by atoms with E-state index >= 15 is 0 Å². The molecule has 1 saturated carbocycles. The summed E-state index contributed by atoms with van der Waals surface area (Å²) >= 11 is 0. The van der Waals surface area contributed by atoms with E-state index in [1.165, 1.54) is 22.9 Å². The fourth-order valence-corrected chi connectivity index (χ4v) is 5.07. The van der Waals surface area contributed by atoms with E-state index in [1.54, 1.807) is 0 Å². The number of carboxylic acid groups (broad SMARTS) is 1. The highest BCUT2D eigenvalue weighted by Gasteiger charge is 2.47. The summed E-state index contributed by atoms with van der Waals surface area (Å²) in [4.78, 5) is 21.1. The highest BCUT2D eigenvalue weighted by molar-refractivity contribution is 6.07. The van der Waals surface area contributed by atoms with Crippen molar-refractivity contribution in [2.45, 2.75) is 31.6 Å². The Balaban J connectivity index is 1.75. The van der Waals surface area contributed by atoms with Crippen LogP contribution >= 0.6 is 0 Å². The van der Waals surface area contributed by atoms with E-state index in [0.717, 1.165) is 38.8 Å². The summed E-state index contributed by atoms with van der Waals surface area (Å²) in [6, 6.07) is 14.5. The number of aliphatic carboxylic acids is 1. The van der Waals surface area contributed by atoms with Crippen molar-refractivity contribution in [2.75, 3.05) is 0 Å². The molecule has 0 bridgehead atoms. The van der Waals surface area contributed by atoms with Crippen LogP contribution in [0.15, 0.2) is 48.7 Å². The van der Waals surface area contributed by atoms with Gasteiger partial charge in [-0.3, -0.25) is 14.8 Å². The third-order valence-electron chi connectivity index (χ3n) is 6.34. The van der Waals surface area contributed by atoms with E-state index in [4.69, 9.17) is 4.98 Å². The molecule has 2 heterocycles. The molecule has 0 spiro atoms. The summed E-state index contributed by atoms with van der Waals surface area (Å²) in [7, 11) is 0. The molecule has 4 heteroatoms. The number of para-hydroxylation sites is 1. The fourth-order valence-electron chi connectivity index (χ4n) is 5.07. The molecule has 28 heavy (non-hydrogen) atoms.